The Morgan fingerprint density at radius 1 is 1.29 bits per heavy atom. The van der Waals surface area contributed by atoms with Crippen LogP contribution in [0.15, 0.2) is 15.3 Å². The maximum absolute atomic E-state index is 11.6. The Balaban J connectivity index is 2.62. The molecule has 0 aliphatic rings. The zero-order chi connectivity index (χ0) is 12.6. The summed E-state index contributed by atoms with van der Waals surface area (Å²) >= 11 is 4.77. The van der Waals surface area contributed by atoms with Crippen molar-refractivity contribution < 1.29 is 4.42 Å². The molecule has 2 rings (SSSR count). The lowest BCUT2D eigenvalue weighted by atomic mass is 9.91. The van der Waals surface area contributed by atoms with E-state index in [0.29, 0.717) is 5.56 Å². The van der Waals surface area contributed by atoms with Crippen LogP contribution in [0.25, 0.3) is 11.5 Å². The van der Waals surface area contributed by atoms with E-state index in [1.165, 1.54) is 0 Å². The Labute approximate surface area is 102 Å². The Bertz CT molecular complexity index is 647. The molecule has 0 atom stereocenters. The van der Waals surface area contributed by atoms with Crippen LogP contribution in [0, 0.1) is 4.84 Å². The van der Waals surface area contributed by atoms with E-state index in [0.717, 1.165) is 5.69 Å². The average Bonchev–Trinajstić information content (AvgIpc) is 2.63. The molecule has 0 radical (unpaired) electrons. The zero-order valence-corrected chi connectivity index (χ0v) is 10.5. The van der Waals surface area contributed by atoms with Gasteiger partial charge in [-0.15, -0.1) is 5.10 Å². The van der Waals surface area contributed by atoms with Gasteiger partial charge in [-0.2, -0.15) is 5.10 Å². The van der Waals surface area contributed by atoms with Crippen LogP contribution in [-0.2, 0) is 5.41 Å². The first kappa shape index (κ1) is 11.7. The van der Waals surface area contributed by atoms with Crippen molar-refractivity contribution in [1.82, 2.24) is 20.4 Å². The number of hydrogen-bond donors (Lipinski definition) is 2. The molecular formula is C10H12N4O2S. The fourth-order valence-corrected chi connectivity index (χ4v) is 1.42. The van der Waals surface area contributed by atoms with Crippen LogP contribution < -0.4 is 5.56 Å². The predicted molar refractivity (Wildman–Crippen MR) is 64.2 cm³/mol. The number of aromatic amines is 2. The van der Waals surface area contributed by atoms with Gasteiger partial charge >= 0.3 is 0 Å². The van der Waals surface area contributed by atoms with E-state index < -0.39 is 0 Å². The summed E-state index contributed by atoms with van der Waals surface area (Å²) in [6, 6.07) is 1.66. The van der Waals surface area contributed by atoms with Gasteiger partial charge in [-0.25, -0.2) is 10.2 Å². The van der Waals surface area contributed by atoms with Crippen LogP contribution in [0.3, 0.4) is 0 Å². The number of rotatable bonds is 1. The lowest BCUT2D eigenvalue weighted by Crippen LogP contribution is -2.20. The third-order valence-corrected chi connectivity index (χ3v) is 2.42. The van der Waals surface area contributed by atoms with Gasteiger partial charge in [0.2, 0.25) is 0 Å². The number of aromatic nitrogens is 4. The van der Waals surface area contributed by atoms with Gasteiger partial charge in [0.25, 0.3) is 16.3 Å². The second-order valence-corrected chi connectivity index (χ2v) is 5.04. The van der Waals surface area contributed by atoms with E-state index in [2.05, 4.69) is 20.4 Å². The van der Waals surface area contributed by atoms with Crippen LogP contribution in [-0.4, -0.2) is 20.4 Å². The van der Waals surface area contributed by atoms with Crippen molar-refractivity contribution >= 4 is 12.2 Å². The molecule has 0 aromatic carbocycles. The Morgan fingerprint density at radius 2 is 2.00 bits per heavy atom. The highest BCUT2D eigenvalue weighted by molar-refractivity contribution is 7.71. The van der Waals surface area contributed by atoms with E-state index in [1.54, 1.807) is 6.07 Å². The summed E-state index contributed by atoms with van der Waals surface area (Å²) in [6.07, 6.45) is 0. The number of nitrogens with zero attached hydrogens (tertiary/aromatic N) is 2. The maximum Gasteiger partial charge on any atom is 0.284 e. The zero-order valence-electron chi connectivity index (χ0n) is 9.70. The molecule has 2 heterocycles. The van der Waals surface area contributed by atoms with E-state index in [-0.39, 0.29) is 21.7 Å². The Morgan fingerprint density at radius 3 is 2.53 bits per heavy atom. The minimum Gasteiger partial charge on any atom is -0.409 e. The van der Waals surface area contributed by atoms with Crippen molar-refractivity contribution in [1.29, 1.82) is 0 Å². The van der Waals surface area contributed by atoms with Crippen molar-refractivity contribution in [2.24, 2.45) is 0 Å². The molecular weight excluding hydrogens is 240 g/mol. The highest BCUT2D eigenvalue weighted by Gasteiger charge is 2.19. The number of H-pyrrole nitrogens is 2. The summed E-state index contributed by atoms with van der Waals surface area (Å²) in [7, 11) is 0. The van der Waals surface area contributed by atoms with Crippen LogP contribution in [0.4, 0.5) is 0 Å². The van der Waals surface area contributed by atoms with Gasteiger partial charge in [0.1, 0.15) is 5.56 Å². The molecule has 0 bridgehead atoms. The normalized spacial score (nSPS) is 11.7. The first-order valence-corrected chi connectivity index (χ1v) is 5.45. The van der Waals surface area contributed by atoms with E-state index in [9.17, 15) is 4.79 Å². The molecule has 17 heavy (non-hydrogen) atoms. The lowest BCUT2D eigenvalue weighted by molar-refractivity contribution is 0.543. The maximum atomic E-state index is 11.6. The minimum absolute atomic E-state index is 0.133. The van der Waals surface area contributed by atoms with Crippen molar-refractivity contribution in [3.05, 3.63) is 27.0 Å². The molecule has 2 aromatic rings. The largest absolute Gasteiger partial charge is 0.409 e. The van der Waals surface area contributed by atoms with E-state index in [4.69, 9.17) is 16.6 Å². The fourth-order valence-electron chi connectivity index (χ4n) is 1.29. The second kappa shape index (κ2) is 3.92. The lowest BCUT2D eigenvalue weighted by Gasteiger charge is -2.16. The Kier molecular flexibility index (Phi) is 2.70. The second-order valence-electron chi connectivity index (χ2n) is 4.66. The third kappa shape index (κ3) is 2.33. The number of nitrogens with one attached hydrogen (secondary N) is 2. The predicted octanol–water partition coefficient (Wildman–Crippen LogP) is 1.78. The van der Waals surface area contributed by atoms with Gasteiger partial charge in [0.15, 0.2) is 0 Å². The fraction of sp³-hybridized carbons (Fsp3) is 0.400. The first-order chi connectivity index (χ1) is 7.88. The standard InChI is InChI=1S/C10H12N4O2S/c1-10(2,3)6-4-5(7(15)12-11-6)8-13-14-9(17)16-8/h4H,1-3H3,(H,12,15)(H,14,17). The van der Waals surface area contributed by atoms with Crippen LogP contribution >= 0.6 is 12.2 Å². The van der Waals surface area contributed by atoms with Gasteiger partial charge in [-0.3, -0.25) is 4.79 Å². The monoisotopic (exact) mass is 252 g/mol. The van der Waals surface area contributed by atoms with Crippen LogP contribution in [0.1, 0.15) is 26.5 Å². The molecule has 0 unspecified atom stereocenters. The topological polar surface area (TPSA) is 87.6 Å². The highest BCUT2D eigenvalue weighted by Crippen LogP contribution is 2.21. The van der Waals surface area contributed by atoms with Crippen LogP contribution in [0.2, 0.25) is 0 Å². The summed E-state index contributed by atoms with van der Waals surface area (Å²) in [5, 5.41) is 12.7. The van der Waals surface area contributed by atoms with E-state index in [1.807, 2.05) is 20.8 Å². The average molecular weight is 252 g/mol. The molecule has 0 aliphatic heterocycles. The van der Waals surface area contributed by atoms with Gasteiger partial charge in [0, 0.05) is 5.41 Å². The van der Waals surface area contributed by atoms with Crippen molar-refractivity contribution in [3.8, 4) is 11.5 Å². The molecule has 2 aromatic heterocycles. The molecule has 0 saturated heterocycles. The molecule has 0 aliphatic carbocycles. The summed E-state index contributed by atoms with van der Waals surface area (Å²) in [4.78, 5) is 11.8. The van der Waals surface area contributed by atoms with Crippen molar-refractivity contribution in [2.45, 2.75) is 26.2 Å². The molecule has 90 valence electrons. The van der Waals surface area contributed by atoms with Gasteiger partial charge in [0.05, 0.1) is 5.69 Å². The summed E-state index contributed by atoms with van der Waals surface area (Å²) in [6.45, 7) is 5.99. The van der Waals surface area contributed by atoms with Crippen molar-refractivity contribution in [2.75, 3.05) is 0 Å². The molecule has 0 spiro atoms. The summed E-state index contributed by atoms with van der Waals surface area (Å²) in [5.41, 5.74) is 0.531. The Hall–Kier alpha value is -1.76. The van der Waals surface area contributed by atoms with Gasteiger partial charge < -0.3 is 4.42 Å². The minimum atomic E-state index is -0.358. The SMILES string of the molecule is CC(C)(C)c1cc(-c2n[nH]c(=S)o2)c(=O)[nH]n1. The molecule has 2 N–H and O–H groups in total. The summed E-state index contributed by atoms with van der Waals surface area (Å²) in [5.74, 6) is 0.171. The molecule has 0 amide bonds. The molecule has 6 nitrogen and oxygen atoms in total. The van der Waals surface area contributed by atoms with E-state index >= 15 is 0 Å². The first-order valence-electron chi connectivity index (χ1n) is 5.04. The molecule has 7 heteroatoms. The smallest absolute Gasteiger partial charge is 0.284 e. The quantitative estimate of drug-likeness (QED) is 0.755. The third-order valence-electron chi connectivity index (χ3n) is 2.24. The van der Waals surface area contributed by atoms with Crippen molar-refractivity contribution in [3.63, 3.8) is 0 Å². The van der Waals surface area contributed by atoms with Gasteiger partial charge in [-0.1, -0.05) is 20.8 Å². The van der Waals surface area contributed by atoms with Gasteiger partial charge in [-0.05, 0) is 18.3 Å². The highest BCUT2D eigenvalue weighted by atomic mass is 32.1. The summed E-state index contributed by atoms with van der Waals surface area (Å²) < 4.78 is 5.12. The molecule has 0 fully saturated rings. The molecule has 0 saturated carbocycles. The number of hydrogen-bond acceptors (Lipinski definition) is 5. The van der Waals surface area contributed by atoms with Crippen LogP contribution in [0.5, 0.6) is 0 Å².